The Hall–Kier alpha value is -2.69. The summed E-state index contributed by atoms with van der Waals surface area (Å²) in [6.45, 7) is 1.55. The van der Waals surface area contributed by atoms with E-state index in [-0.39, 0.29) is 6.42 Å². The van der Waals surface area contributed by atoms with Gasteiger partial charge < -0.3 is 10.1 Å². The Balaban J connectivity index is 1.85. The summed E-state index contributed by atoms with van der Waals surface area (Å²) in [7, 11) is 0. The van der Waals surface area contributed by atoms with E-state index in [1.807, 2.05) is 6.07 Å². The van der Waals surface area contributed by atoms with Crippen LogP contribution in [-0.2, 0) is 16.0 Å². The summed E-state index contributed by atoms with van der Waals surface area (Å²) in [5.74, 6) is -1.46. The Kier molecular flexibility index (Phi) is 3.41. The molecule has 0 saturated heterocycles. The van der Waals surface area contributed by atoms with Crippen molar-refractivity contribution in [2.45, 2.75) is 18.9 Å². The summed E-state index contributed by atoms with van der Waals surface area (Å²) in [6.07, 6.45) is 0.274. The molecule has 1 aliphatic rings. The predicted octanol–water partition coefficient (Wildman–Crippen LogP) is 2.94. The number of nitrogens with one attached hydrogen (secondary N) is 1. The standard InChI is InChI=1S/C17H14FNO3/c1-17(16(21)19-13-7-4-6-12(18)9-13)10-11-5-2-3-8-14(11)15(20)22-17/h2-9H,10H2,1H3,(H,19,21)/t17-/m0/s1. The number of carbonyl (C=O) groups is 2. The molecule has 22 heavy (non-hydrogen) atoms. The Morgan fingerprint density at radius 1 is 1.23 bits per heavy atom. The number of ether oxygens (including phenoxy) is 1. The van der Waals surface area contributed by atoms with E-state index in [4.69, 9.17) is 4.74 Å². The van der Waals surface area contributed by atoms with Gasteiger partial charge in [-0.3, -0.25) is 4.79 Å². The van der Waals surface area contributed by atoms with Gasteiger partial charge in [-0.1, -0.05) is 24.3 Å². The van der Waals surface area contributed by atoms with E-state index in [1.54, 1.807) is 31.2 Å². The highest BCUT2D eigenvalue weighted by molar-refractivity contribution is 6.02. The van der Waals surface area contributed by atoms with Crippen molar-refractivity contribution in [3.8, 4) is 0 Å². The molecule has 0 spiro atoms. The van der Waals surface area contributed by atoms with Crippen LogP contribution in [0.15, 0.2) is 48.5 Å². The van der Waals surface area contributed by atoms with Crippen LogP contribution in [0.25, 0.3) is 0 Å². The summed E-state index contributed by atoms with van der Waals surface area (Å²) < 4.78 is 18.5. The third-order valence-electron chi connectivity index (χ3n) is 3.65. The fraction of sp³-hybridized carbons (Fsp3) is 0.176. The minimum absolute atomic E-state index is 0.274. The lowest BCUT2D eigenvalue weighted by Gasteiger charge is -2.33. The third kappa shape index (κ3) is 2.57. The maximum atomic E-state index is 13.2. The zero-order valence-corrected chi connectivity index (χ0v) is 11.9. The van der Waals surface area contributed by atoms with Crippen molar-refractivity contribution in [1.29, 1.82) is 0 Å². The summed E-state index contributed by atoms with van der Waals surface area (Å²) >= 11 is 0. The molecule has 3 rings (SSSR count). The quantitative estimate of drug-likeness (QED) is 0.867. The molecular weight excluding hydrogens is 285 g/mol. The molecule has 1 heterocycles. The highest BCUT2D eigenvalue weighted by Gasteiger charge is 2.42. The van der Waals surface area contributed by atoms with Crippen molar-refractivity contribution < 1.29 is 18.7 Å². The van der Waals surface area contributed by atoms with Gasteiger partial charge in [0.25, 0.3) is 5.91 Å². The van der Waals surface area contributed by atoms with E-state index < -0.39 is 23.3 Å². The molecule has 0 aliphatic carbocycles. The smallest absolute Gasteiger partial charge is 0.339 e. The van der Waals surface area contributed by atoms with Gasteiger partial charge in [-0.15, -0.1) is 0 Å². The molecule has 0 aromatic heterocycles. The second kappa shape index (κ2) is 5.26. The van der Waals surface area contributed by atoms with Crippen molar-refractivity contribution >= 4 is 17.6 Å². The second-order valence-corrected chi connectivity index (χ2v) is 5.42. The fourth-order valence-electron chi connectivity index (χ4n) is 2.49. The van der Waals surface area contributed by atoms with Crippen LogP contribution >= 0.6 is 0 Å². The number of hydrogen-bond acceptors (Lipinski definition) is 3. The molecule has 112 valence electrons. The van der Waals surface area contributed by atoms with Crippen molar-refractivity contribution in [2.75, 3.05) is 5.32 Å². The van der Waals surface area contributed by atoms with Gasteiger partial charge in [0.2, 0.25) is 0 Å². The lowest BCUT2D eigenvalue weighted by Crippen LogP contribution is -2.48. The fourth-order valence-corrected chi connectivity index (χ4v) is 2.49. The molecular formula is C17H14FNO3. The largest absolute Gasteiger partial charge is 0.445 e. The van der Waals surface area contributed by atoms with Gasteiger partial charge in [0.05, 0.1) is 5.56 Å². The average Bonchev–Trinajstić information content (AvgIpc) is 2.47. The molecule has 1 aliphatic heterocycles. The monoisotopic (exact) mass is 299 g/mol. The topological polar surface area (TPSA) is 55.4 Å². The first-order chi connectivity index (χ1) is 10.5. The number of halogens is 1. The summed E-state index contributed by atoms with van der Waals surface area (Å²) in [4.78, 5) is 24.5. The molecule has 2 aromatic carbocycles. The first-order valence-electron chi connectivity index (χ1n) is 6.86. The van der Waals surface area contributed by atoms with Gasteiger partial charge in [0.15, 0.2) is 5.60 Å². The van der Waals surface area contributed by atoms with Crippen LogP contribution in [0.2, 0.25) is 0 Å². The number of anilines is 1. The minimum Gasteiger partial charge on any atom is -0.445 e. The van der Waals surface area contributed by atoms with Gasteiger partial charge in [0.1, 0.15) is 5.82 Å². The van der Waals surface area contributed by atoms with Crippen molar-refractivity contribution in [3.63, 3.8) is 0 Å². The number of esters is 1. The van der Waals surface area contributed by atoms with Gasteiger partial charge in [-0.05, 0) is 36.8 Å². The molecule has 1 N–H and O–H groups in total. The van der Waals surface area contributed by atoms with E-state index in [0.29, 0.717) is 11.3 Å². The van der Waals surface area contributed by atoms with Gasteiger partial charge >= 0.3 is 5.97 Å². The molecule has 2 aromatic rings. The third-order valence-corrected chi connectivity index (χ3v) is 3.65. The summed E-state index contributed by atoms with van der Waals surface area (Å²) in [5.41, 5.74) is 0.230. The highest BCUT2D eigenvalue weighted by Crippen LogP contribution is 2.29. The van der Waals surface area contributed by atoms with Crippen molar-refractivity contribution in [1.82, 2.24) is 0 Å². The minimum atomic E-state index is -1.32. The van der Waals surface area contributed by atoms with Gasteiger partial charge in [0, 0.05) is 12.1 Å². The van der Waals surface area contributed by atoms with Crippen LogP contribution in [0.1, 0.15) is 22.8 Å². The maximum absolute atomic E-state index is 13.2. The van der Waals surface area contributed by atoms with E-state index in [0.717, 1.165) is 5.56 Å². The lowest BCUT2D eigenvalue weighted by molar-refractivity contribution is -0.134. The van der Waals surface area contributed by atoms with E-state index in [2.05, 4.69) is 5.32 Å². The first-order valence-corrected chi connectivity index (χ1v) is 6.86. The van der Waals surface area contributed by atoms with Crippen LogP contribution in [0.3, 0.4) is 0 Å². The van der Waals surface area contributed by atoms with Crippen molar-refractivity contribution in [3.05, 3.63) is 65.5 Å². The Morgan fingerprint density at radius 2 is 2.00 bits per heavy atom. The normalized spacial score (nSPS) is 20.0. The number of amides is 1. The molecule has 1 atom stereocenters. The highest BCUT2D eigenvalue weighted by atomic mass is 19.1. The number of fused-ring (bicyclic) bond motifs is 1. The number of rotatable bonds is 2. The summed E-state index contributed by atoms with van der Waals surface area (Å²) in [6, 6.07) is 12.6. The zero-order valence-electron chi connectivity index (χ0n) is 11.9. The Morgan fingerprint density at radius 3 is 2.77 bits per heavy atom. The summed E-state index contributed by atoms with van der Waals surface area (Å²) in [5, 5.41) is 2.59. The molecule has 5 heteroatoms. The van der Waals surface area contributed by atoms with Crippen LogP contribution < -0.4 is 5.32 Å². The predicted molar refractivity (Wildman–Crippen MR) is 79.0 cm³/mol. The maximum Gasteiger partial charge on any atom is 0.339 e. The number of hydrogen-bond donors (Lipinski definition) is 1. The van der Waals surface area contributed by atoms with Crippen molar-refractivity contribution in [2.24, 2.45) is 0 Å². The van der Waals surface area contributed by atoms with E-state index in [1.165, 1.54) is 18.2 Å². The lowest BCUT2D eigenvalue weighted by atomic mass is 9.89. The van der Waals surface area contributed by atoms with E-state index >= 15 is 0 Å². The van der Waals surface area contributed by atoms with Crippen LogP contribution in [0.4, 0.5) is 10.1 Å². The van der Waals surface area contributed by atoms with Crippen LogP contribution in [-0.4, -0.2) is 17.5 Å². The number of cyclic esters (lactones) is 1. The molecule has 0 fully saturated rings. The first kappa shape index (κ1) is 14.3. The average molecular weight is 299 g/mol. The molecule has 0 unspecified atom stereocenters. The second-order valence-electron chi connectivity index (χ2n) is 5.42. The van der Waals surface area contributed by atoms with Gasteiger partial charge in [-0.2, -0.15) is 0 Å². The molecule has 4 nitrogen and oxygen atoms in total. The van der Waals surface area contributed by atoms with Crippen LogP contribution in [0, 0.1) is 5.82 Å². The molecule has 1 amide bonds. The number of carbonyl (C=O) groups excluding carboxylic acids is 2. The molecule has 0 bridgehead atoms. The Bertz CT molecular complexity index is 759. The number of benzene rings is 2. The molecule has 0 radical (unpaired) electrons. The Labute approximate surface area is 126 Å². The van der Waals surface area contributed by atoms with E-state index in [9.17, 15) is 14.0 Å². The molecule has 0 saturated carbocycles. The van der Waals surface area contributed by atoms with Gasteiger partial charge in [-0.25, -0.2) is 9.18 Å². The van der Waals surface area contributed by atoms with Crippen LogP contribution in [0.5, 0.6) is 0 Å². The zero-order chi connectivity index (χ0) is 15.7. The SMILES string of the molecule is C[C@@]1(C(=O)Nc2cccc(F)c2)Cc2ccccc2C(=O)O1.